The molecule has 0 atom stereocenters. The predicted octanol–water partition coefficient (Wildman–Crippen LogP) is 2.52. The fourth-order valence-electron chi connectivity index (χ4n) is 1.98. The Kier molecular flexibility index (Phi) is 4.61. The van der Waals surface area contributed by atoms with E-state index < -0.39 is 5.92 Å². The van der Waals surface area contributed by atoms with E-state index in [1.165, 1.54) is 0 Å². The molecule has 4 nitrogen and oxygen atoms in total. The summed E-state index contributed by atoms with van der Waals surface area (Å²) in [4.78, 5) is 33.1. The first kappa shape index (κ1) is 14.7. The molecule has 0 heterocycles. The third kappa shape index (κ3) is 3.63. The summed E-state index contributed by atoms with van der Waals surface area (Å²) in [5.74, 6) is -1.09. The summed E-state index contributed by atoms with van der Waals surface area (Å²) in [6, 6.07) is 14.5. The van der Waals surface area contributed by atoms with Gasteiger partial charge in [-0.1, -0.05) is 36.4 Å². The summed E-state index contributed by atoms with van der Waals surface area (Å²) < 4.78 is 0. The lowest BCUT2D eigenvalue weighted by atomic mass is 9.98. The van der Waals surface area contributed by atoms with Gasteiger partial charge in [-0.2, -0.15) is 0 Å². The van der Waals surface area contributed by atoms with Crippen LogP contribution in [0.2, 0.25) is 0 Å². The van der Waals surface area contributed by atoms with Crippen molar-refractivity contribution in [3.63, 3.8) is 0 Å². The van der Waals surface area contributed by atoms with Gasteiger partial charge in [0, 0.05) is 17.7 Å². The lowest BCUT2D eigenvalue weighted by Gasteiger charge is -2.05. The van der Waals surface area contributed by atoms with Crippen molar-refractivity contribution in [2.45, 2.75) is 6.42 Å². The average Bonchev–Trinajstić information content (AvgIpc) is 2.53. The highest BCUT2D eigenvalue weighted by molar-refractivity contribution is 5.99. The van der Waals surface area contributed by atoms with Crippen LogP contribution in [-0.4, -0.2) is 18.4 Å². The normalized spacial score (nSPS) is 10.3. The predicted molar refractivity (Wildman–Crippen MR) is 80.9 cm³/mol. The molecule has 0 bridgehead atoms. The molecule has 0 fully saturated rings. The number of hydrogen-bond acceptors (Lipinski definition) is 4. The molecule has 106 valence electrons. The summed E-state index contributed by atoms with van der Waals surface area (Å²) in [6.45, 7) is 0. The third-order valence-electron chi connectivity index (χ3n) is 3.22. The molecule has 0 saturated heterocycles. The number of Topliss-reactive ketones (excluding diaryl/α,β-unsaturated/α-hetero) is 1. The Hall–Kier alpha value is -2.75. The van der Waals surface area contributed by atoms with Gasteiger partial charge >= 0.3 is 0 Å². The molecule has 2 aromatic carbocycles. The molecule has 21 heavy (non-hydrogen) atoms. The van der Waals surface area contributed by atoms with Crippen molar-refractivity contribution in [3.8, 4) is 11.1 Å². The van der Waals surface area contributed by atoms with Crippen molar-refractivity contribution < 1.29 is 14.4 Å². The van der Waals surface area contributed by atoms with Gasteiger partial charge in [-0.3, -0.25) is 4.79 Å². The second kappa shape index (κ2) is 6.61. The molecule has 2 aromatic rings. The Balaban J connectivity index is 2.15. The van der Waals surface area contributed by atoms with Gasteiger partial charge in [0.1, 0.15) is 12.6 Å². The Bertz CT molecular complexity index is 637. The van der Waals surface area contributed by atoms with E-state index in [4.69, 9.17) is 5.73 Å². The van der Waals surface area contributed by atoms with Crippen molar-refractivity contribution in [2.75, 3.05) is 5.73 Å². The Morgan fingerprint density at radius 2 is 1.38 bits per heavy atom. The Labute approximate surface area is 122 Å². The third-order valence-corrected chi connectivity index (χ3v) is 3.22. The minimum Gasteiger partial charge on any atom is -0.399 e. The number of ketones is 1. The number of aldehydes is 2. The quantitative estimate of drug-likeness (QED) is 0.382. The minimum absolute atomic E-state index is 0.0891. The van der Waals surface area contributed by atoms with Crippen LogP contribution in [0.1, 0.15) is 16.8 Å². The highest BCUT2D eigenvalue weighted by atomic mass is 16.1. The molecule has 2 rings (SSSR count). The molecule has 4 heteroatoms. The zero-order valence-corrected chi connectivity index (χ0v) is 11.4. The topological polar surface area (TPSA) is 77.2 Å². The Morgan fingerprint density at radius 3 is 1.86 bits per heavy atom. The second-order valence-electron chi connectivity index (χ2n) is 4.76. The maximum absolute atomic E-state index is 11.9. The van der Waals surface area contributed by atoms with Crippen molar-refractivity contribution in [1.82, 2.24) is 0 Å². The van der Waals surface area contributed by atoms with E-state index in [2.05, 4.69) is 0 Å². The number of anilines is 1. The maximum Gasteiger partial charge on any atom is 0.164 e. The van der Waals surface area contributed by atoms with E-state index in [0.717, 1.165) is 11.1 Å². The molecule has 0 spiro atoms. The average molecular weight is 281 g/mol. The van der Waals surface area contributed by atoms with Crippen LogP contribution in [0.25, 0.3) is 11.1 Å². The number of nitrogen functional groups attached to an aromatic ring is 1. The minimum atomic E-state index is -0.866. The number of hydrogen-bond donors (Lipinski definition) is 1. The first-order valence-corrected chi connectivity index (χ1v) is 6.54. The lowest BCUT2D eigenvalue weighted by Crippen LogP contribution is -2.11. The van der Waals surface area contributed by atoms with Crippen LogP contribution in [0.15, 0.2) is 48.5 Å². The summed E-state index contributed by atoms with van der Waals surface area (Å²) >= 11 is 0. The first-order chi connectivity index (χ1) is 10.1. The molecular weight excluding hydrogens is 266 g/mol. The number of rotatable bonds is 6. The van der Waals surface area contributed by atoms with Crippen molar-refractivity contribution in [3.05, 3.63) is 54.1 Å². The molecule has 0 radical (unpaired) electrons. The Morgan fingerprint density at radius 1 is 0.905 bits per heavy atom. The van der Waals surface area contributed by atoms with Crippen molar-refractivity contribution in [1.29, 1.82) is 0 Å². The zero-order valence-electron chi connectivity index (χ0n) is 11.4. The highest BCUT2D eigenvalue weighted by Crippen LogP contribution is 2.21. The number of carbonyl (C=O) groups is 3. The van der Waals surface area contributed by atoms with Gasteiger partial charge in [0.2, 0.25) is 0 Å². The molecule has 0 aliphatic heterocycles. The molecule has 0 aliphatic rings. The molecule has 0 aromatic heterocycles. The fraction of sp³-hybridized carbons (Fsp3) is 0.118. The maximum atomic E-state index is 11.9. The fourth-order valence-corrected chi connectivity index (χ4v) is 1.98. The molecule has 0 aliphatic carbocycles. The number of carbonyl (C=O) groups excluding carboxylic acids is 3. The van der Waals surface area contributed by atoms with Gasteiger partial charge in [-0.15, -0.1) is 0 Å². The molecular formula is C17H15NO3. The van der Waals surface area contributed by atoms with Crippen LogP contribution in [-0.2, 0) is 9.59 Å². The summed E-state index contributed by atoms with van der Waals surface area (Å²) in [5.41, 5.74) is 8.79. The van der Waals surface area contributed by atoms with Gasteiger partial charge in [-0.25, -0.2) is 0 Å². The van der Waals surface area contributed by atoms with Crippen LogP contribution >= 0.6 is 0 Å². The van der Waals surface area contributed by atoms with Gasteiger partial charge in [0.25, 0.3) is 0 Å². The van der Waals surface area contributed by atoms with Crippen LogP contribution in [0.3, 0.4) is 0 Å². The van der Waals surface area contributed by atoms with E-state index in [-0.39, 0.29) is 12.2 Å². The van der Waals surface area contributed by atoms with Gasteiger partial charge < -0.3 is 15.3 Å². The van der Waals surface area contributed by atoms with Crippen LogP contribution in [0.4, 0.5) is 5.69 Å². The number of benzene rings is 2. The number of nitrogens with two attached hydrogens (primary N) is 1. The van der Waals surface area contributed by atoms with Crippen LogP contribution in [0.5, 0.6) is 0 Å². The molecule has 0 amide bonds. The van der Waals surface area contributed by atoms with E-state index in [1.807, 2.05) is 36.4 Å². The van der Waals surface area contributed by atoms with E-state index in [1.54, 1.807) is 12.1 Å². The largest absolute Gasteiger partial charge is 0.399 e. The van der Waals surface area contributed by atoms with Crippen LogP contribution in [0, 0.1) is 5.92 Å². The molecule has 0 unspecified atom stereocenters. The van der Waals surface area contributed by atoms with Gasteiger partial charge in [-0.05, 0) is 23.3 Å². The lowest BCUT2D eigenvalue weighted by molar-refractivity contribution is -0.119. The highest BCUT2D eigenvalue weighted by Gasteiger charge is 2.13. The van der Waals surface area contributed by atoms with Gasteiger partial charge in [0.15, 0.2) is 5.78 Å². The van der Waals surface area contributed by atoms with E-state index >= 15 is 0 Å². The SMILES string of the molecule is Nc1ccc(-c2ccc(C(=O)CC(C=O)C=O)cc2)cc1. The summed E-state index contributed by atoms with van der Waals surface area (Å²) in [6.07, 6.45) is 0.898. The first-order valence-electron chi connectivity index (χ1n) is 6.54. The molecule has 2 N–H and O–H groups in total. The van der Waals surface area contributed by atoms with Gasteiger partial charge in [0.05, 0.1) is 5.92 Å². The summed E-state index contributed by atoms with van der Waals surface area (Å²) in [5, 5.41) is 0. The molecule has 0 saturated carbocycles. The van der Waals surface area contributed by atoms with Crippen LogP contribution < -0.4 is 5.73 Å². The monoisotopic (exact) mass is 281 g/mol. The van der Waals surface area contributed by atoms with E-state index in [0.29, 0.717) is 23.8 Å². The standard InChI is InChI=1S/C17H15NO3/c18-16-7-5-14(6-8-16)13-1-3-15(4-2-13)17(21)9-12(10-19)11-20/h1-8,10-12H,9,18H2. The zero-order chi connectivity index (χ0) is 15.2. The smallest absolute Gasteiger partial charge is 0.164 e. The summed E-state index contributed by atoms with van der Waals surface area (Å²) in [7, 11) is 0. The van der Waals surface area contributed by atoms with E-state index in [9.17, 15) is 14.4 Å². The second-order valence-corrected chi connectivity index (χ2v) is 4.76. The van der Waals surface area contributed by atoms with Crippen molar-refractivity contribution in [2.24, 2.45) is 5.92 Å². The van der Waals surface area contributed by atoms with Crippen molar-refractivity contribution >= 4 is 24.0 Å².